The molecule has 1 aromatic rings. The van der Waals surface area contributed by atoms with Crippen molar-refractivity contribution >= 4 is 17.7 Å². The fraction of sp³-hybridized carbons (Fsp3) is 0.625. The van der Waals surface area contributed by atoms with E-state index in [4.69, 9.17) is 31.4 Å². The molecule has 12 nitrogen and oxygen atoms in total. The van der Waals surface area contributed by atoms with E-state index in [-0.39, 0.29) is 37.0 Å². The molecule has 0 aliphatic rings. The lowest BCUT2D eigenvalue weighted by Crippen LogP contribution is -2.27. The highest BCUT2D eigenvalue weighted by molar-refractivity contribution is 5.77. The van der Waals surface area contributed by atoms with E-state index in [0.29, 0.717) is 78.9 Å². The predicted octanol–water partition coefficient (Wildman–Crippen LogP) is -1.37. The summed E-state index contributed by atoms with van der Waals surface area (Å²) in [5, 5.41) is 8.58. The molecule has 0 spiro atoms. The van der Waals surface area contributed by atoms with Crippen molar-refractivity contribution in [3.8, 4) is 0 Å². The van der Waals surface area contributed by atoms with Crippen LogP contribution < -0.4 is 33.2 Å². The van der Waals surface area contributed by atoms with Crippen LogP contribution in [0.5, 0.6) is 0 Å². The first-order chi connectivity index (χ1) is 17.5. The number of hydrogen-bond donors (Lipinski definition) is 6. The Morgan fingerprint density at radius 3 is 1.06 bits per heavy atom. The largest absolute Gasteiger partial charge is 0.380 e. The van der Waals surface area contributed by atoms with Crippen LogP contribution in [-0.4, -0.2) is 77.0 Å². The van der Waals surface area contributed by atoms with Crippen molar-refractivity contribution in [1.82, 2.24) is 16.0 Å². The Balaban J connectivity index is 2.68. The SMILES string of the molecule is NCCOCCC(=O)NCc1cc(CNC(=O)CCOCCN)cc(CNC(=O)CCOCCN)c1. The van der Waals surface area contributed by atoms with Gasteiger partial charge in [0.1, 0.15) is 0 Å². The number of rotatable bonds is 21. The summed E-state index contributed by atoms with van der Waals surface area (Å²) in [6, 6.07) is 5.72. The molecule has 0 unspecified atom stereocenters. The molecular weight excluding hydrogens is 468 g/mol. The minimum atomic E-state index is -0.143. The van der Waals surface area contributed by atoms with Crippen LogP contribution in [-0.2, 0) is 48.2 Å². The van der Waals surface area contributed by atoms with Gasteiger partial charge in [0.2, 0.25) is 17.7 Å². The predicted molar refractivity (Wildman–Crippen MR) is 135 cm³/mol. The van der Waals surface area contributed by atoms with Crippen LogP contribution in [0.2, 0.25) is 0 Å². The Kier molecular flexibility index (Phi) is 18.0. The summed E-state index contributed by atoms with van der Waals surface area (Å²) in [7, 11) is 0. The first kappa shape index (κ1) is 31.4. The van der Waals surface area contributed by atoms with Gasteiger partial charge in [-0.05, 0) is 16.7 Å². The van der Waals surface area contributed by atoms with Gasteiger partial charge < -0.3 is 47.4 Å². The smallest absolute Gasteiger partial charge is 0.222 e. The molecule has 12 heteroatoms. The van der Waals surface area contributed by atoms with Crippen LogP contribution in [0.15, 0.2) is 18.2 Å². The van der Waals surface area contributed by atoms with Crippen LogP contribution in [0.3, 0.4) is 0 Å². The topological polar surface area (TPSA) is 193 Å². The van der Waals surface area contributed by atoms with Gasteiger partial charge in [-0.25, -0.2) is 0 Å². The number of carbonyl (C=O) groups excluding carboxylic acids is 3. The molecule has 0 heterocycles. The number of benzene rings is 1. The molecule has 1 aromatic carbocycles. The fourth-order valence-corrected chi connectivity index (χ4v) is 3.06. The highest BCUT2D eigenvalue weighted by Gasteiger charge is 2.08. The summed E-state index contributed by atoms with van der Waals surface area (Å²) in [6.07, 6.45) is 0.700. The maximum Gasteiger partial charge on any atom is 0.222 e. The number of hydrogen-bond acceptors (Lipinski definition) is 9. The van der Waals surface area contributed by atoms with Crippen molar-refractivity contribution in [2.45, 2.75) is 38.9 Å². The van der Waals surface area contributed by atoms with Gasteiger partial charge in [0.05, 0.1) is 39.6 Å². The van der Waals surface area contributed by atoms with Crippen LogP contribution in [0, 0.1) is 0 Å². The van der Waals surface area contributed by atoms with Gasteiger partial charge in [-0.1, -0.05) is 18.2 Å². The lowest BCUT2D eigenvalue weighted by Gasteiger charge is -2.13. The molecule has 0 bridgehead atoms. The Morgan fingerprint density at radius 1 is 0.528 bits per heavy atom. The molecule has 0 aliphatic carbocycles. The van der Waals surface area contributed by atoms with E-state index < -0.39 is 0 Å². The molecule has 1 rings (SSSR count). The first-order valence-corrected chi connectivity index (χ1v) is 12.2. The fourth-order valence-electron chi connectivity index (χ4n) is 3.06. The summed E-state index contributed by atoms with van der Waals surface area (Å²) >= 11 is 0. The van der Waals surface area contributed by atoms with Crippen molar-refractivity contribution in [2.75, 3.05) is 59.3 Å². The number of carbonyl (C=O) groups is 3. The molecule has 9 N–H and O–H groups in total. The van der Waals surface area contributed by atoms with E-state index in [2.05, 4.69) is 16.0 Å². The monoisotopic (exact) mass is 510 g/mol. The maximum atomic E-state index is 12.1. The highest BCUT2D eigenvalue weighted by Crippen LogP contribution is 2.11. The van der Waals surface area contributed by atoms with Gasteiger partial charge in [-0.2, -0.15) is 0 Å². The molecule has 204 valence electrons. The van der Waals surface area contributed by atoms with Crippen molar-refractivity contribution in [3.05, 3.63) is 34.9 Å². The van der Waals surface area contributed by atoms with Gasteiger partial charge in [-0.3, -0.25) is 14.4 Å². The molecule has 0 aromatic heterocycles. The molecule has 0 saturated heterocycles. The van der Waals surface area contributed by atoms with Crippen LogP contribution in [0.4, 0.5) is 0 Å². The van der Waals surface area contributed by atoms with E-state index in [0.717, 1.165) is 16.7 Å². The quantitative estimate of drug-likeness (QED) is 0.108. The third kappa shape index (κ3) is 16.1. The summed E-state index contributed by atoms with van der Waals surface area (Å²) in [6.45, 7) is 4.28. The van der Waals surface area contributed by atoms with Crippen LogP contribution in [0.25, 0.3) is 0 Å². The Morgan fingerprint density at radius 2 is 0.806 bits per heavy atom. The first-order valence-electron chi connectivity index (χ1n) is 12.2. The van der Waals surface area contributed by atoms with E-state index in [1.165, 1.54) is 0 Å². The van der Waals surface area contributed by atoms with Crippen molar-refractivity contribution in [3.63, 3.8) is 0 Å². The normalized spacial score (nSPS) is 10.8. The third-order valence-electron chi connectivity index (χ3n) is 4.79. The Labute approximate surface area is 212 Å². The molecule has 3 amide bonds. The van der Waals surface area contributed by atoms with Gasteiger partial charge in [-0.15, -0.1) is 0 Å². The van der Waals surface area contributed by atoms with E-state index >= 15 is 0 Å². The molecule has 0 saturated carbocycles. The minimum Gasteiger partial charge on any atom is -0.380 e. The number of amides is 3. The Hall–Kier alpha value is -2.61. The summed E-state index contributed by atoms with van der Waals surface area (Å²) in [5.74, 6) is -0.429. The van der Waals surface area contributed by atoms with Crippen LogP contribution >= 0.6 is 0 Å². The average molecular weight is 511 g/mol. The number of ether oxygens (including phenoxy) is 3. The molecule has 36 heavy (non-hydrogen) atoms. The van der Waals surface area contributed by atoms with Gasteiger partial charge in [0.25, 0.3) is 0 Å². The second-order valence-electron chi connectivity index (χ2n) is 7.94. The number of nitrogens with one attached hydrogen (secondary N) is 3. The van der Waals surface area contributed by atoms with Crippen molar-refractivity contribution in [2.24, 2.45) is 17.2 Å². The van der Waals surface area contributed by atoms with Crippen molar-refractivity contribution < 1.29 is 28.6 Å². The number of nitrogens with two attached hydrogens (primary N) is 3. The van der Waals surface area contributed by atoms with Gasteiger partial charge in [0.15, 0.2) is 0 Å². The van der Waals surface area contributed by atoms with Gasteiger partial charge in [0, 0.05) is 58.5 Å². The van der Waals surface area contributed by atoms with E-state index in [9.17, 15) is 14.4 Å². The van der Waals surface area contributed by atoms with E-state index in [1.807, 2.05) is 18.2 Å². The van der Waals surface area contributed by atoms with Gasteiger partial charge >= 0.3 is 0 Å². The summed E-state index contributed by atoms with van der Waals surface area (Å²) in [4.78, 5) is 36.3. The zero-order chi connectivity index (χ0) is 26.4. The lowest BCUT2D eigenvalue weighted by atomic mass is 10.0. The Bertz CT molecular complexity index is 667. The summed E-state index contributed by atoms with van der Waals surface area (Å²) < 4.78 is 15.7. The zero-order valence-corrected chi connectivity index (χ0v) is 21.0. The third-order valence-corrected chi connectivity index (χ3v) is 4.79. The molecule has 0 fully saturated rings. The molecular formula is C24H42N6O6. The van der Waals surface area contributed by atoms with E-state index in [1.54, 1.807) is 0 Å². The van der Waals surface area contributed by atoms with Crippen molar-refractivity contribution in [1.29, 1.82) is 0 Å². The molecule has 0 atom stereocenters. The summed E-state index contributed by atoms with van der Waals surface area (Å²) in [5.41, 5.74) is 18.6. The molecule has 0 radical (unpaired) electrons. The molecule has 0 aliphatic heterocycles. The zero-order valence-electron chi connectivity index (χ0n) is 21.0. The van der Waals surface area contributed by atoms with Crippen LogP contribution in [0.1, 0.15) is 36.0 Å². The lowest BCUT2D eigenvalue weighted by molar-refractivity contribution is -0.123. The minimum absolute atomic E-state index is 0.143. The second kappa shape index (κ2) is 20.6. The average Bonchev–Trinajstić information content (AvgIpc) is 2.88. The second-order valence-corrected chi connectivity index (χ2v) is 7.94. The maximum absolute atomic E-state index is 12.1. The standard InChI is InChI=1S/C24H42N6O6/c25-4-10-34-7-1-22(31)28-16-19-13-20(17-29-23(32)2-8-35-11-5-26)15-21(14-19)18-30-24(33)3-9-36-12-6-27/h13-15H,1-12,16-18,25-27H2,(H,28,31)(H,29,32)(H,30,33). The highest BCUT2D eigenvalue weighted by atomic mass is 16.5.